The lowest BCUT2D eigenvalue weighted by Crippen LogP contribution is -2.50. The summed E-state index contributed by atoms with van der Waals surface area (Å²) in [7, 11) is -3.55. The van der Waals surface area contributed by atoms with Gasteiger partial charge in [-0.1, -0.05) is 18.2 Å². The number of hydrogen-bond donors (Lipinski definition) is 0. The first-order valence-electron chi connectivity index (χ1n) is 10.8. The maximum Gasteiger partial charge on any atom is 0.246 e. The van der Waals surface area contributed by atoms with Gasteiger partial charge in [0.05, 0.1) is 27.8 Å². The molecule has 0 N–H and O–H groups in total. The maximum atomic E-state index is 13.1. The molecule has 1 aliphatic carbocycles. The molecule has 32 heavy (non-hydrogen) atoms. The Morgan fingerprint density at radius 3 is 2.50 bits per heavy atom. The van der Waals surface area contributed by atoms with Crippen molar-refractivity contribution in [1.29, 1.82) is 0 Å². The van der Waals surface area contributed by atoms with Crippen LogP contribution in [0.3, 0.4) is 0 Å². The number of aryl methyl sites for hydroxylation is 2. The van der Waals surface area contributed by atoms with E-state index in [-0.39, 0.29) is 19.0 Å². The van der Waals surface area contributed by atoms with Crippen molar-refractivity contribution in [2.24, 2.45) is 0 Å². The van der Waals surface area contributed by atoms with E-state index in [0.29, 0.717) is 23.7 Å². The Hall–Kier alpha value is -3.10. The molecule has 1 amide bonds. The fraction of sp³-hybridized carbons (Fsp3) is 0.292. The van der Waals surface area contributed by atoms with E-state index in [1.807, 2.05) is 36.4 Å². The molecule has 3 aromatic rings. The van der Waals surface area contributed by atoms with E-state index in [1.54, 1.807) is 23.2 Å². The van der Waals surface area contributed by atoms with E-state index >= 15 is 0 Å². The Labute approximate surface area is 187 Å². The van der Waals surface area contributed by atoms with Crippen molar-refractivity contribution < 1.29 is 13.2 Å². The second kappa shape index (κ2) is 8.44. The zero-order valence-electron chi connectivity index (χ0n) is 17.6. The molecule has 1 aromatic heterocycles. The van der Waals surface area contributed by atoms with Crippen LogP contribution in [0.5, 0.6) is 0 Å². The van der Waals surface area contributed by atoms with Crippen LogP contribution in [0.2, 0.25) is 0 Å². The molecule has 2 aliphatic rings. The largest absolute Gasteiger partial charge is 0.337 e. The maximum absolute atomic E-state index is 13.1. The van der Waals surface area contributed by atoms with Gasteiger partial charge in [-0.2, -0.15) is 4.31 Å². The SMILES string of the molecule is O=C(/C=C/c1cnc2ccccc2n1)N1CCN(S(=O)(=O)c2ccc3c(c2)CCC3)CC1. The predicted molar refractivity (Wildman–Crippen MR) is 122 cm³/mol. The molecule has 0 atom stereocenters. The van der Waals surface area contributed by atoms with Gasteiger partial charge in [0, 0.05) is 32.3 Å². The summed E-state index contributed by atoms with van der Waals surface area (Å²) >= 11 is 0. The standard InChI is InChI=1S/C24H24N4O3S/c29-24(11-9-20-17-25-22-6-1-2-7-23(22)26-20)27-12-14-28(15-13-27)32(30,31)21-10-8-18-4-3-5-19(18)16-21/h1-2,6-11,16-17H,3-5,12-15H2/b11-9+. The van der Waals surface area contributed by atoms with Gasteiger partial charge >= 0.3 is 0 Å². The van der Waals surface area contributed by atoms with E-state index in [9.17, 15) is 13.2 Å². The van der Waals surface area contributed by atoms with Gasteiger partial charge in [0.15, 0.2) is 0 Å². The first kappa shape index (κ1) is 20.8. The lowest BCUT2D eigenvalue weighted by Gasteiger charge is -2.33. The number of rotatable bonds is 4. The van der Waals surface area contributed by atoms with E-state index in [0.717, 1.165) is 35.9 Å². The second-order valence-electron chi connectivity index (χ2n) is 8.13. The highest BCUT2D eigenvalue weighted by molar-refractivity contribution is 7.89. The Morgan fingerprint density at radius 1 is 0.938 bits per heavy atom. The third-order valence-corrected chi connectivity index (χ3v) is 8.02. The number of nitrogens with zero attached hydrogens (tertiary/aromatic N) is 4. The summed E-state index contributed by atoms with van der Waals surface area (Å²) in [5, 5.41) is 0. The molecule has 1 saturated heterocycles. The number of sulfonamides is 1. The Kier molecular flexibility index (Phi) is 5.48. The summed E-state index contributed by atoms with van der Waals surface area (Å²) in [6.07, 6.45) is 7.80. The lowest BCUT2D eigenvalue weighted by molar-refractivity contribution is -0.127. The van der Waals surface area contributed by atoms with E-state index in [2.05, 4.69) is 9.97 Å². The number of carbonyl (C=O) groups excluding carboxylic acids is 1. The lowest BCUT2D eigenvalue weighted by atomic mass is 10.1. The van der Waals surface area contributed by atoms with Crippen molar-refractivity contribution >= 4 is 33.0 Å². The van der Waals surface area contributed by atoms with Crippen molar-refractivity contribution in [3.05, 3.63) is 71.6 Å². The Morgan fingerprint density at radius 2 is 1.69 bits per heavy atom. The minimum absolute atomic E-state index is 0.158. The monoisotopic (exact) mass is 448 g/mol. The van der Waals surface area contributed by atoms with Gasteiger partial charge in [-0.05, 0) is 60.7 Å². The number of aromatic nitrogens is 2. The molecule has 0 unspecified atom stereocenters. The van der Waals surface area contributed by atoms with Crippen LogP contribution < -0.4 is 0 Å². The van der Waals surface area contributed by atoms with Gasteiger partial charge in [0.1, 0.15) is 0 Å². The minimum atomic E-state index is -3.55. The summed E-state index contributed by atoms with van der Waals surface area (Å²) < 4.78 is 27.6. The number of para-hydroxylation sites is 2. The molecule has 0 bridgehead atoms. The topological polar surface area (TPSA) is 83.5 Å². The van der Waals surface area contributed by atoms with Crippen LogP contribution in [0.4, 0.5) is 0 Å². The highest BCUT2D eigenvalue weighted by Gasteiger charge is 2.30. The van der Waals surface area contributed by atoms with E-state index < -0.39 is 10.0 Å². The molecule has 0 saturated carbocycles. The van der Waals surface area contributed by atoms with Crippen LogP contribution >= 0.6 is 0 Å². The quantitative estimate of drug-likeness (QED) is 0.573. The van der Waals surface area contributed by atoms with Crippen LogP contribution in [0.1, 0.15) is 23.2 Å². The summed E-state index contributed by atoms with van der Waals surface area (Å²) in [4.78, 5) is 23.5. The highest BCUT2D eigenvalue weighted by atomic mass is 32.2. The number of carbonyl (C=O) groups is 1. The molecule has 2 aromatic carbocycles. The van der Waals surface area contributed by atoms with Crippen LogP contribution in [0.15, 0.2) is 59.6 Å². The number of fused-ring (bicyclic) bond motifs is 2. The molecule has 7 nitrogen and oxygen atoms in total. The van der Waals surface area contributed by atoms with Crippen molar-refractivity contribution in [2.75, 3.05) is 26.2 Å². The minimum Gasteiger partial charge on any atom is -0.337 e. The zero-order valence-corrected chi connectivity index (χ0v) is 18.5. The van der Waals surface area contributed by atoms with E-state index in [4.69, 9.17) is 0 Å². The van der Waals surface area contributed by atoms with Gasteiger partial charge < -0.3 is 4.90 Å². The first-order valence-corrected chi connectivity index (χ1v) is 12.3. The fourth-order valence-electron chi connectivity index (χ4n) is 4.32. The highest BCUT2D eigenvalue weighted by Crippen LogP contribution is 2.26. The predicted octanol–water partition coefficient (Wildman–Crippen LogP) is 2.66. The van der Waals surface area contributed by atoms with Gasteiger partial charge in [-0.3, -0.25) is 9.78 Å². The number of piperazine rings is 1. The molecule has 5 rings (SSSR count). The number of amides is 1. The normalized spacial score (nSPS) is 17.2. The number of benzene rings is 2. The molecule has 1 fully saturated rings. The van der Waals surface area contributed by atoms with Crippen molar-refractivity contribution in [3.63, 3.8) is 0 Å². The summed E-state index contributed by atoms with van der Waals surface area (Å²) in [5.74, 6) is -0.158. The summed E-state index contributed by atoms with van der Waals surface area (Å²) in [5.41, 5.74) is 4.57. The van der Waals surface area contributed by atoms with Crippen LogP contribution in [-0.2, 0) is 27.7 Å². The van der Waals surface area contributed by atoms with Crippen molar-refractivity contribution in [1.82, 2.24) is 19.2 Å². The second-order valence-corrected chi connectivity index (χ2v) is 10.1. The molecule has 0 spiro atoms. The van der Waals surface area contributed by atoms with Crippen LogP contribution in [0, 0.1) is 0 Å². The summed E-state index contributed by atoms with van der Waals surface area (Å²) in [6.45, 7) is 1.29. The summed E-state index contributed by atoms with van der Waals surface area (Å²) in [6, 6.07) is 13.0. The third kappa shape index (κ3) is 4.03. The number of hydrogen-bond acceptors (Lipinski definition) is 5. The first-order chi connectivity index (χ1) is 15.5. The van der Waals surface area contributed by atoms with Gasteiger partial charge in [-0.25, -0.2) is 13.4 Å². The van der Waals surface area contributed by atoms with Crippen molar-refractivity contribution in [3.8, 4) is 0 Å². The molecule has 0 radical (unpaired) electrons. The molecule has 164 valence electrons. The zero-order chi connectivity index (χ0) is 22.1. The smallest absolute Gasteiger partial charge is 0.246 e. The molecule has 1 aliphatic heterocycles. The average Bonchev–Trinajstić information content (AvgIpc) is 3.30. The van der Waals surface area contributed by atoms with Gasteiger partial charge in [0.2, 0.25) is 15.9 Å². The Balaban J connectivity index is 1.22. The van der Waals surface area contributed by atoms with Crippen LogP contribution in [0.25, 0.3) is 17.1 Å². The molecular formula is C24H24N4O3S. The Bertz CT molecular complexity index is 1310. The van der Waals surface area contributed by atoms with Gasteiger partial charge in [-0.15, -0.1) is 0 Å². The molecular weight excluding hydrogens is 424 g/mol. The van der Waals surface area contributed by atoms with Gasteiger partial charge in [0.25, 0.3) is 0 Å². The van der Waals surface area contributed by atoms with E-state index in [1.165, 1.54) is 15.9 Å². The van der Waals surface area contributed by atoms with Crippen LogP contribution in [-0.4, -0.2) is 59.7 Å². The molecule has 2 heterocycles. The average molecular weight is 449 g/mol. The van der Waals surface area contributed by atoms with Crippen molar-refractivity contribution in [2.45, 2.75) is 24.2 Å². The fourth-order valence-corrected chi connectivity index (χ4v) is 5.79. The third-order valence-electron chi connectivity index (χ3n) is 6.12. The molecule has 8 heteroatoms.